The Morgan fingerprint density at radius 2 is 1.94 bits per heavy atom. The topological polar surface area (TPSA) is 64.2 Å². The van der Waals surface area contributed by atoms with E-state index in [4.69, 9.17) is 5.26 Å². The van der Waals surface area contributed by atoms with Gasteiger partial charge in [-0.25, -0.2) is 0 Å². The zero-order chi connectivity index (χ0) is 13.9. The van der Waals surface area contributed by atoms with Crippen LogP contribution in [0.25, 0.3) is 0 Å². The average molecular weight is 259 g/mol. The predicted molar refractivity (Wildman–Crippen MR) is 57.4 cm³/mol. The maximum absolute atomic E-state index is 12.6. The maximum Gasteiger partial charge on any atom is 0.416 e. The fraction of sp³-hybridized carbons (Fsp3) is 0.417. The van der Waals surface area contributed by atoms with Crippen molar-refractivity contribution < 1.29 is 23.4 Å². The van der Waals surface area contributed by atoms with Gasteiger partial charge in [0.15, 0.2) is 0 Å². The molecule has 1 rings (SSSR count). The smallest absolute Gasteiger partial charge is 0.389 e. The first kappa shape index (κ1) is 14.5. The van der Waals surface area contributed by atoms with Crippen molar-refractivity contribution >= 4 is 0 Å². The minimum Gasteiger partial charge on any atom is -0.389 e. The third kappa shape index (κ3) is 3.00. The summed E-state index contributed by atoms with van der Waals surface area (Å²) < 4.78 is 37.9. The van der Waals surface area contributed by atoms with E-state index in [1.807, 2.05) is 0 Å². The van der Waals surface area contributed by atoms with Gasteiger partial charge in [0.05, 0.1) is 24.2 Å². The van der Waals surface area contributed by atoms with Crippen LogP contribution in [0.1, 0.15) is 29.2 Å². The summed E-state index contributed by atoms with van der Waals surface area (Å²) in [6.07, 6.45) is -7.78. The Morgan fingerprint density at radius 3 is 2.44 bits per heavy atom. The lowest BCUT2D eigenvalue weighted by Crippen LogP contribution is -2.20. The second-order valence-corrected chi connectivity index (χ2v) is 3.89. The standard InChI is InChI=1S/C12H12F3NO2/c1-7-8(11(18)10(17)5-6-16)3-2-4-9(7)12(13,14)15/h2-4,10-11,17-18H,5H2,1H3. The van der Waals surface area contributed by atoms with Crippen LogP contribution >= 0.6 is 0 Å². The number of rotatable bonds is 3. The van der Waals surface area contributed by atoms with Crippen molar-refractivity contribution in [2.24, 2.45) is 0 Å². The number of alkyl halides is 3. The van der Waals surface area contributed by atoms with Crippen LogP contribution in [-0.2, 0) is 6.18 Å². The molecule has 0 bridgehead atoms. The van der Waals surface area contributed by atoms with Gasteiger partial charge in [-0.2, -0.15) is 18.4 Å². The molecule has 0 aromatic heterocycles. The fourth-order valence-electron chi connectivity index (χ4n) is 1.69. The molecule has 0 amide bonds. The van der Waals surface area contributed by atoms with Crippen LogP contribution in [0, 0.1) is 18.3 Å². The molecule has 0 aliphatic carbocycles. The molecule has 0 heterocycles. The van der Waals surface area contributed by atoms with Gasteiger partial charge in [0, 0.05) is 0 Å². The van der Waals surface area contributed by atoms with Crippen molar-refractivity contribution in [3.63, 3.8) is 0 Å². The second-order valence-electron chi connectivity index (χ2n) is 3.89. The van der Waals surface area contributed by atoms with Crippen LogP contribution in [-0.4, -0.2) is 16.3 Å². The molecule has 2 unspecified atom stereocenters. The van der Waals surface area contributed by atoms with E-state index in [0.29, 0.717) is 0 Å². The SMILES string of the molecule is Cc1c(C(O)C(O)CC#N)cccc1C(F)(F)F. The van der Waals surface area contributed by atoms with Gasteiger partial charge in [-0.3, -0.25) is 0 Å². The molecular formula is C12H12F3NO2. The first-order valence-corrected chi connectivity index (χ1v) is 5.18. The van der Waals surface area contributed by atoms with Crippen molar-refractivity contribution in [1.82, 2.24) is 0 Å². The van der Waals surface area contributed by atoms with E-state index in [0.717, 1.165) is 12.1 Å². The Balaban J connectivity index is 3.16. The van der Waals surface area contributed by atoms with Crippen LogP contribution < -0.4 is 0 Å². The molecule has 0 fully saturated rings. The van der Waals surface area contributed by atoms with Gasteiger partial charge in [-0.05, 0) is 24.1 Å². The van der Waals surface area contributed by atoms with Crippen molar-refractivity contribution in [2.45, 2.75) is 31.7 Å². The summed E-state index contributed by atoms with van der Waals surface area (Å²) in [6, 6.07) is 5.02. The van der Waals surface area contributed by atoms with Crippen LogP contribution in [0.3, 0.4) is 0 Å². The van der Waals surface area contributed by atoms with Crippen molar-refractivity contribution in [3.05, 3.63) is 34.9 Å². The van der Waals surface area contributed by atoms with E-state index in [1.165, 1.54) is 13.0 Å². The van der Waals surface area contributed by atoms with Crippen molar-refractivity contribution in [3.8, 4) is 6.07 Å². The molecule has 2 atom stereocenters. The van der Waals surface area contributed by atoms with E-state index in [-0.39, 0.29) is 17.5 Å². The lowest BCUT2D eigenvalue weighted by molar-refractivity contribution is -0.138. The second kappa shape index (κ2) is 5.38. The van der Waals surface area contributed by atoms with Gasteiger partial charge in [0.25, 0.3) is 0 Å². The van der Waals surface area contributed by atoms with E-state index in [2.05, 4.69) is 0 Å². The highest BCUT2D eigenvalue weighted by Crippen LogP contribution is 2.35. The average Bonchev–Trinajstić information content (AvgIpc) is 2.27. The Hall–Kier alpha value is -1.58. The first-order valence-electron chi connectivity index (χ1n) is 5.18. The zero-order valence-electron chi connectivity index (χ0n) is 9.57. The van der Waals surface area contributed by atoms with Crippen LogP contribution in [0.4, 0.5) is 13.2 Å². The molecular weight excluding hydrogens is 247 g/mol. The Labute approximate surface area is 102 Å². The third-order valence-electron chi connectivity index (χ3n) is 2.66. The zero-order valence-corrected chi connectivity index (χ0v) is 9.57. The molecule has 0 aliphatic heterocycles. The fourth-order valence-corrected chi connectivity index (χ4v) is 1.69. The summed E-state index contributed by atoms with van der Waals surface area (Å²) in [5, 5.41) is 27.5. The molecule has 0 spiro atoms. The van der Waals surface area contributed by atoms with E-state index < -0.39 is 23.9 Å². The lowest BCUT2D eigenvalue weighted by Gasteiger charge is -2.20. The number of nitrogens with zero attached hydrogens (tertiary/aromatic N) is 1. The number of halogens is 3. The summed E-state index contributed by atoms with van der Waals surface area (Å²) >= 11 is 0. The van der Waals surface area contributed by atoms with Gasteiger partial charge < -0.3 is 10.2 Å². The molecule has 2 N–H and O–H groups in total. The third-order valence-corrected chi connectivity index (χ3v) is 2.66. The number of aliphatic hydroxyl groups excluding tert-OH is 2. The van der Waals surface area contributed by atoms with Crippen molar-refractivity contribution in [1.29, 1.82) is 5.26 Å². The van der Waals surface area contributed by atoms with Gasteiger partial charge in [0.2, 0.25) is 0 Å². The van der Waals surface area contributed by atoms with E-state index in [1.54, 1.807) is 6.07 Å². The van der Waals surface area contributed by atoms with Gasteiger partial charge in [-0.15, -0.1) is 0 Å². The lowest BCUT2D eigenvalue weighted by atomic mass is 9.94. The number of hydrogen-bond donors (Lipinski definition) is 2. The highest BCUT2D eigenvalue weighted by Gasteiger charge is 2.34. The van der Waals surface area contributed by atoms with Crippen molar-refractivity contribution in [2.75, 3.05) is 0 Å². The Bertz CT molecular complexity index is 465. The highest BCUT2D eigenvalue weighted by atomic mass is 19.4. The molecule has 1 aromatic rings. The quantitative estimate of drug-likeness (QED) is 0.875. The van der Waals surface area contributed by atoms with E-state index in [9.17, 15) is 23.4 Å². The molecule has 18 heavy (non-hydrogen) atoms. The summed E-state index contributed by atoms with van der Waals surface area (Å²) in [4.78, 5) is 0. The van der Waals surface area contributed by atoms with Crippen LogP contribution in [0.5, 0.6) is 0 Å². The number of hydrogen-bond acceptors (Lipinski definition) is 3. The molecule has 0 radical (unpaired) electrons. The number of nitriles is 1. The normalized spacial score (nSPS) is 14.9. The minimum absolute atomic E-state index is 0.0208. The molecule has 0 saturated heterocycles. The van der Waals surface area contributed by atoms with Crippen LogP contribution in [0.2, 0.25) is 0 Å². The monoisotopic (exact) mass is 259 g/mol. The van der Waals surface area contributed by atoms with Gasteiger partial charge >= 0.3 is 6.18 Å². The Morgan fingerprint density at radius 1 is 1.33 bits per heavy atom. The maximum atomic E-state index is 12.6. The molecule has 3 nitrogen and oxygen atoms in total. The highest BCUT2D eigenvalue weighted by molar-refractivity contribution is 5.37. The molecule has 98 valence electrons. The summed E-state index contributed by atoms with van der Waals surface area (Å²) in [7, 11) is 0. The Kier molecular flexibility index (Phi) is 4.33. The molecule has 0 aliphatic rings. The first-order chi connectivity index (χ1) is 8.29. The molecule has 0 saturated carbocycles. The summed E-state index contributed by atoms with van der Waals surface area (Å²) in [5.74, 6) is 0. The minimum atomic E-state index is -4.51. The van der Waals surface area contributed by atoms with Gasteiger partial charge in [0.1, 0.15) is 6.10 Å². The summed E-state index contributed by atoms with van der Waals surface area (Å²) in [6.45, 7) is 1.22. The number of benzene rings is 1. The largest absolute Gasteiger partial charge is 0.416 e. The molecule has 1 aromatic carbocycles. The van der Waals surface area contributed by atoms with E-state index >= 15 is 0 Å². The summed E-state index contributed by atoms with van der Waals surface area (Å²) in [5.41, 5.74) is -1.02. The predicted octanol–water partition coefficient (Wildman–Crippen LogP) is 2.32. The molecule has 6 heteroatoms. The number of aliphatic hydroxyl groups is 2. The van der Waals surface area contributed by atoms with Crippen LogP contribution in [0.15, 0.2) is 18.2 Å². The van der Waals surface area contributed by atoms with Gasteiger partial charge in [-0.1, -0.05) is 12.1 Å².